The fourth-order valence-electron chi connectivity index (χ4n) is 2.50. The smallest absolute Gasteiger partial charge is 0.316 e. The Hall–Kier alpha value is -1.22. The number of halogens is 1. The van der Waals surface area contributed by atoms with Crippen LogP contribution >= 0.6 is 22.9 Å². The Balaban J connectivity index is 1.51. The van der Waals surface area contributed by atoms with Crippen molar-refractivity contribution in [2.24, 2.45) is 0 Å². The lowest BCUT2D eigenvalue weighted by Gasteiger charge is -2.28. The minimum Gasteiger partial charge on any atom is -0.460 e. The lowest BCUT2D eigenvalue weighted by Crippen LogP contribution is -2.39. The van der Waals surface area contributed by atoms with E-state index in [9.17, 15) is 8.42 Å². The average molecular weight is 374 g/mol. The summed E-state index contributed by atoms with van der Waals surface area (Å²) >= 11 is 6.95. The highest BCUT2D eigenvalue weighted by Crippen LogP contribution is 2.24. The summed E-state index contributed by atoms with van der Waals surface area (Å²) in [6.45, 7) is 0. The summed E-state index contributed by atoms with van der Waals surface area (Å²) in [5, 5.41) is 2.22. The summed E-state index contributed by atoms with van der Waals surface area (Å²) in [5.74, 6) is 0. The number of sulfonamides is 1. The second kappa shape index (κ2) is 7.12. The zero-order valence-corrected chi connectivity index (χ0v) is 14.6. The third kappa shape index (κ3) is 4.41. The van der Waals surface area contributed by atoms with Gasteiger partial charge in [0, 0.05) is 6.04 Å². The molecule has 0 unspecified atom stereocenters. The van der Waals surface area contributed by atoms with Crippen molar-refractivity contribution in [2.75, 3.05) is 0 Å². The Labute approximate surface area is 143 Å². The van der Waals surface area contributed by atoms with Gasteiger partial charge in [-0.2, -0.15) is 0 Å². The van der Waals surface area contributed by atoms with E-state index in [0.717, 1.165) is 25.7 Å². The number of hydrogen-bond donors (Lipinski definition) is 1. The first-order valence-corrected chi connectivity index (χ1v) is 9.97. The number of nitrogens with zero attached hydrogens (tertiary/aromatic N) is 2. The Bertz CT molecular complexity index is 727. The van der Waals surface area contributed by atoms with Gasteiger partial charge in [0.05, 0.1) is 17.4 Å². The first kappa shape index (κ1) is 16.6. The molecule has 0 bridgehead atoms. The van der Waals surface area contributed by atoms with E-state index in [1.807, 2.05) is 0 Å². The van der Waals surface area contributed by atoms with Gasteiger partial charge < -0.3 is 4.74 Å². The van der Waals surface area contributed by atoms with E-state index in [-0.39, 0.29) is 12.1 Å². The first-order valence-electron chi connectivity index (χ1n) is 7.23. The number of aromatic nitrogens is 2. The molecule has 0 radical (unpaired) electrons. The summed E-state index contributed by atoms with van der Waals surface area (Å²) in [7, 11) is -3.41. The third-order valence-electron chi connectivity index (χ3n) is 3.62. The van der Waals surface area contributed by atoms with Gasteiger partial charge in [-0.1, -0.05) is 17.7 Å². The van der Waals surface area contributed by atoms with Crippen LogP contribution in [0, 0.1) is 0 Å². The van der Waals surface area contributed by atoms with Crippen molar-refractivity contribution in [3.05, 3.63) is 34.9 Å². The largest absolute Gasteiger partial charge is 0.460 e. The van der Waals surface area contributed by atoms with Gasteiger partial charge >= 0.3 is 6.01 Å². The number of hydrogen-bond acceptors (Lipinski definition) is 6. The topological polar surface area (TPSA) is 81.2 Å². The van der Waals surface area contributed by atoms with Crippen LogP contribution in [0.15, 0.2) is 34.1 Å². The molecule has 1 N–H and O–H groups in total. The van der Waals surface area contributed by atoms with Crippen LogP contribution < -0.4 is 9.46 Å². The van der Waals surface area contributed by atoms with Gasteiger partial charge in [0.25, 0.3) is 0 Å². The SMILES string of the molecule is O=S(=O)(NC1CCC(Oc2ncc(Cl)cn2)CC1)c1cccs1. The van der Waals surface area contributed by atoms with Crippen molar-refractivity contribution < 1.29 is 13.2 Å². The van der Waals surface area contributed by atoms with E-state index in [1.165, 1.54) is 23.7 Å². The molecule has 0 saturated heterocycles. The molecule has 1 saturated carbocycles. The Kier molecular flexibility index (Phi) is 5.15. The normalized spacial score (nSPS) is 22.0. The second-order valence-electron chi connectivity index (χ2n) is 5.33. The predicted octanol–water partition coefficient (Wildman–Crippen LogP) is 2.86. The third-order valence-corrected chi connectivity index (χ3v) is 6.74. The van der Waals surface area contributed by atoms with E-state index >= 15 is 0 Å². The predicted molar refractivity (Wildman–Crippen MR) is 88.4 cm³/mol. The monoisotopic (exact) mass is 373 g/mol. The maximum absolute atomic E-state index is 12.2. The Morgan fingerprint density at radius 3 is 2.52 bits per heavy atom. The van der Waals surface area contributed by atoms with Gasteiger partial charge in [0.15, 0.2) is 0 Å². The lowest BCUT2D eigenvalue weighted by molar-refractivity contribution is 0.132. The van der Waals surface area contributed by atoms with Crippen LogP contribution in [0.25, 0.3) is 0 Å². The molecular weight excluding hydrogens is 358 g/mol. The molecule has 0 aromatic carbocycles. The molecule has 1 aliphatic carbocycles. The first-order chi connectivity index (χ1) is 11.0. The van der Waals surface area contributed by atoms with Crippen molar-refractivity contribution in [3.63, 3.8) is 0 Å². The van der Waals surface area contributed by atoms with Crippen LogP contribution in [0.3, 0.4) is 0 Å². The number of rotatable bonds is 5. The molecule has 2 aromatic heterocycles. The molecule has 3 rings (SSSR count). The van der Waals surface area contributed by atoms with Crippen molar-refractivity contribution in [2.45, 2.75) is 42.0 Å². The van der Waals surface area contributed by atoms with E-state index in [2.05, 4.69) is 14.7 Å². The second-order valence-corrected chi connectivity index (χ2v) is 8.65. The average Bonchev–Trinajstić information content (AvgIpc) is 3.07. The molecule has 1 fully saturated rings. The van der Waals surface area contributed by atoms with Gasteiger partial charge in [0.1, 0.15) is 10.3 Å². The van der Waals surface area contributed by atoms with Gasteiger partial charge in [-0.25, -0.2) is 23.1 Å². The maximum Gasteiger partial charge on any atom is 0.316 e. The molecule has 9 heteroatoms. The Morgan fingerprint density at radius 1 is 1.22 bits per heavy atom. The van der Waals surface area contributed by atoms with Crippen LogP contribution in [-0.4, -0.2) is 30.5 Å². The highest BCUT2D eigenvalue weighted by atomic mass is 35.5. The molecule has 0 atom stereocenters. The number of thiophene rings is 1. The van der Waals surface area contributed by atoms with Crippen molar-refractivity contribution in [1.82, 2.24) is 14.7 Å². The fourth-order valence-corrected chi connectivity index (χ4v) is 4.91. The van der Waals surface area contributed by atoms with Crippen molar-refractivity contribution >= 4 is 33.0 Å². The van der Waals surface area contributed by atoms with E-state index < -0.39 is 10.0 Å². The number of ether oxygens (including phenoxy) is 1. The molecule has 124 valence electrons. The standard InChI is InChI=1S/C14H16ClN3O3S2/c15-10-8-16-14(17-9-10)21-12-5-3-11(4-6-12)18-23(19,20)13-2-1-7-22-13/h1-2,7-9,11-12,18H,3-6H2. The maximum atomic E-state index is 12.2. The minimum atomic E-state index is -3.41. The molecular formula is C14H16ClN3O3S2. The van der Waals surface area contributed by atoms with Crippen LogP contribution in [0.2, 0.25) is 5.02 Å². The van der Waals surface area contributed by atoms with Crippen LogP contribution in [0.4, 0.5) is 0 Å². The van der Waals surface area contributed by atoms with Crippen molar-refractivity contribution in [3.8, 4) is 6.01 Å². The molecule has 23 heavy (non-hydrogen) atoms. The zero-order valence-electron chi connectivity index (χ0n) is 12.2. The highest BCUT2D eigenvalue weighted by Gasteiger charge is 2.27. The van der Waals surface area contributed by atoms with E-state index in [0.29, 0.717) is 15.2 Å². The van der Waals surface area contributed by atoms with E-state index in [1.54, 1.807) is 17.5 Å². The molecule has 0 amide bonds. The lowest BCUT2D eigenvalue weighted by atomic mass is 9.94. The van der Waals surface area contributed by atoms with Gasteiger partial charge in [-0.15, -0.1) is 11.3 Å². The highest BCUT2D eigenvalue weighted by molar-refractivity contribution is 7.91. The molecule has 0 spiro atoms. The quantitative estimate of drug-likeness (QED) is 0.871. The summed E-state index contributed by atoms with van der Waals surface area (Å²) in [6, 6.07) is 3.58. The van der Waals surface area contributed by atoms with Crippen LogP contribution in [-0.2, 0) is 10.0 Å². The summed E-state index contributed by atoms with van der Waals surface area (Å²) in [5.41, 5.74) is 0. The summed E-state index contributed by atoms with van der Waals surface area (Å²) in [6.07, 6.45) is 5.94. The van der Waals surface area contributed by atoms with Crippen LogP contribution in [0.5, 0.6) is 6.01 Å². The molecule has 1 aliphatic rings. The Morgan fingerprint density at radius 2 is 1.91 bits per heavy atom. The fraction of sp³-hybridized carbons (Fsp3) is 0.429. The van der Waals surface area contributed by atoms with Gasteiger partial charge in [-0.05, 0) is 37.1 Å². The minimum absolute atomic E-state index is 0.00123. The van der Waals surface area contributed by atoms with Crippen molar-refractivity contribution in [1.29, 1.82) is 0 Å². The van der Waals surface area contributed by atoms with Gasteiger partial charge in [-0.3, -0.25) is 0 Å². The summed E-state index contributed by atoms with van der Waals surface area (Å²) in [4.78, 5) is 8.02. The van der Waals surface area contributed by atoms with Gasteiger partial charge in [0.2, 0.25) is 10.0 Å². The molecule has 2 aromatic rings. The number of nitrogens with one attached hydrogen (secondary N) is 1. The molecule has 0 aliphatic heterocycles. The summed E-state index contributed by atoms with van der Waals surface area (Å²) < 4.78 is 33.2. The molecule has 6 nitrogen and oxygen atoms in total. The van der Waals surface area contributed by atoms with E-state index in [4.69, 9.17) is 16.3 Å². The van der Waals surface area contributed by atoms with Crippen LogP contribution in [0.1, 0.15) is 25.7 Å². The zero-order chi connectivity index (χ0) is 16.3. The molecule has 2 heterocycles.